The second-order valence-corrected chi connectivity index (χ2v) is 9.52. The van der Waals surface area contributed by atoms with Gasteiger partial charge in [0.2, 0.25) is 5.91 Å². The van der Waals surface area contributed by atoms with E-state index in [1.54, 1.807) is 0 Å². The number of carbonyl (C=O) groups is 1. The standard InChI is InChI=1S/C25H35N5O3/c1-20(21-7-3-2-4-8-21)15-23(31)29-13-9-25(33,10-14-29)17-30-19-27-22(16-24(30)32)26-18-28-11-5-6-12-28/h2-4,7-8,16,19-20,26,33H,5-6,9-15,17-18H2,1H3/t20-/m1/s1. The molecular formula is C25H35N5O3. The molecule has 2 fully saturated rings. The number of aromatic nitrogens is 2. The minimum atomic E-state index is -1.02. The maximum atomic E-state index is 12.8. The Morgan fingerprint density at radius 2 is 1.85 bits per heavy atom. The number of benzene rings is 1. The Hall–Kier alpha value is -2.71. The molecule has 2 aliphatic heterocycles. The zero-order valence-corrected chi connectivity index (χ0v) is 19.4. The van der Waals surface area contributed by atoms with Gasteiger partial charge in [0, 0.05) is 25.6 Å². The second kappa shape index (κ2) is 10.5. The van der Waals surface area contributed by atoms with Crippen LogP contribution in [0, 0.1) is 0 Å². The average Bonchev–Trinajstić information content (AvgIpc) is 3.34. The summed E-state index contributed by atoms with van der Waals surface area (Å²) in [6.07, 6.45) is 5.28. The van der Waals surface area contributed by atoms with Crippen molar-refractivity contribution < 1.29 is 9.90 Å². The first-order chi connectivity index (χ1) is 15.9. The van der Waals surface area contributed by atoms with E-state index in [9.17, 15) is 14.7 Å². The van der Waals surface area contributed by atoms with Gasteiger partial charge in [0.1, 0.15) is 5.82 Å². The lowest BCUT2D eigenvalue weighted by molar-refractivity contribution is -0.136. The van der Waals surface area contributed by atoms with Crippen LogP contribution in [0.15, 0.2) is 47.5 Å². The third-order valence-corrected chi connectivity index (χ3v) is 6.92. The minimum absolute atomic E-state index is 0.112. The van der Waals surface area contributed by atoms with Gasteiger partial charge in [-0.3, -0.25) is 19.1 Å². The van der Waals surface area contributed by atoms with Crippen LogP contribution in [0.25, 0.3) is 0 Å². The molecule has 2 aromatic rings. The third-order valence-electron chi connectivity index (χ3n) is 6.92. The van der Waals surface area contributed by atoms with Crippen LogP contribution in [-0.2, 0) is 11.3 Å². The predicted octanol–water partition coefficient (Wildman–Crippen LogP) is 2.26. The molecule has 1 atom stereocenters. The van der Waals surface area contributed by atoms with Gasteiger partial charge >= 0.3 is 0 Å². The van der Waals surface area contributed by atoms with E-state index in [-0.39, 0.29) is 23.9 Å². The molecule has 2 aliphatic rings. The number of piperidine rings is 1. The van der Waals surface area contributed by atoms with E-state index >= 15 is 0 Å². The third kappa shape index (κ3) is 6.21. The number of aliphatic hydroxyl groups is 1. The monoisotopic (exact) mass is 453 g/mol. The lowest BCUT2D eigenvalue weighted by Crippen LogP contribution is -2.49. The molecule has 2 N–H and O–H groups in total. The Morgan fingerprint density at radius 1 is 1.15 bits per heavy atom. The average molecular weight is 454 g/mol. The largest absolute Gasteiger partial charge is 0.388 e. The summed E-state index contributed by atoms with van der Waals surface area (Å²) in [5.41, 5.74) is -0.0418. The molecule has 3 heterocycles. The molecule has 0 saturated carbocycles. The van der Waals surface area contributed by atoms with Crippen LogP contribution < -0.4 is 10.9 Å². The van der Waals surface area contributed by atoms with Crippen LogP contribution in [0.1, 0.15) is 50.5 Å². The van der Waals surface area contributed by atoms with Crippen molar-refractivity contribution in [2.45, 2.75) is 57.1 Å². The van der Waals surface area contributed by atoms with Gasteiger partial charge in [-0.2, -0.15) is 0 Å². The highest BCUT2D eigenvalue weighted by molar-refractivity contribution is 5.77. The fourth-order valence-electron chi connectivity index (χ4n) is 4.71. The van der Waals surface area contributed by atoms with E-state index < -0.39 is 5.60 Å². The Balaban J connectivity index is 1.27. The van der Waals surface area contributed by atoms with Crippen LogP contribution in [-0.4, -0.2) is 68.8 Å². The fourth-order valence-corrected chi connectivity index (χ4v) is 4.71. The lowest BCUT2D eigenvalue weighted by atomic mass is 9.90. The summed E-state index contributed by atoms with van der Waals surface area (Å²) in [4.78, 5) is 33.8. The summed E-state index contributed by atoms with van der Waals surface area (Å²) in [5.74, 6) is 0.825. The molecule has 1 amide bonds. The maximum absolute atomic E-state index is 12.8. The summed E-state index contributed by atoms with van der Waals surface area (Å²) in [7, 11) is 0. The van der Waals surface area contributed by atoms with Crippen molar-refractivity contribution in [3.8, 4) is 0 Å². The van der Waals surface area contributed by atoms with Gasteiger partial charge < -0.3 is 15.3 Å². The van der Waals surface area contributed by atoms with Crippen molar-refractivity contribution in [2.75, 3.05) is 38.2 Å². The smallest absolute Gasteiger partial charge is 0.255 e. The molecule has 4 rings (SSSR count). The highest BCUT2D eigenvalue weighted by Crippen LogP contribution is 2.26. The van der Waals surface area contributed by atoms with Gasteiger partial charge in [-0.25, -0.2) is 4.98 Å². The fraction of sp³-hybridized carbons (Fsp3) is 0.560. The number of carbonyl (C=O) groups excluding carboxylic acids is 1. The number of rotatable bonds is 8. The summed E-state index contributed by atoms with van der Waals surface area (Å²) < 4.78 is 1.47. The Morgan fingerprint density at radius 3 is 2.52 bits per heavy atom. The van der Waals surface area contributed by atoms with Crippen LogP contribution >= 0.6 is 0 Å². The summed E-state index contributed by atoms with van der Waals surface area (Å²) in [5, 5.41) is 14.3. The molecule has 0 spiro atoms. The number of hydrogen-bond acceptors (Lipinski definition) is 6. The normalized spacial score (nSPS) is 19.4. The van der Waals surface area contributed by atoms with Crippen molar-refractivity contribution in [3.05, 3.63) is 58.6 Å². The molecule has 1 aromatic heterocycles. The highest BCUT2D eigenvalue weighted by atomic mass is 16.3. The van der Waals surface area contributed by atoms with E-state index in [4.69, 9.17) is 0 Å². The van der Waals surface area contributed by atoms with E-state index in [2.05, 4.69) is 22.1 Å². The van der Waals surface area contributed by atoms with Gasteiger partial charge in [-0.05, 0) is 50.3 Å². The van der Waals surface area contributed by atoms with Crippen molar-refractivity contribution in [1.82, 2.24) is 19.4 Å². The SMILES string of the molecule is C[C@H](CC(=O)N1CCC(O)(Cn2cnc(NCN3CCCC3)cc2=O)CC1)c1ccccc1. The number of nitrogens with zero attached hydrogens (tertiary/aromatic N) is 4. The Bertz CT molecular complexity index is 979. The zero-order valence-electron chi connectivity index (χ0n) is 19.4. The Kier molecular flexibility index (Phi) is 7.45. The van der Waals surface area contributed by atoms with Crippen molar-refractivity contribution in [2.24, 2.45) is 0 Å². The molecule has 178 valence electrons. The summed E-state index contributed by atoms with van der Waals surface area (Å²) >= 11 is 0. The molecule has 1 aromatic carbocycles. The molecular weight excluding hydrogens is 418 g/mol. The van der Waals surface area contributed by atoms with E-state index in [1.165, 1.54) is 29.8 Å². The lowest BCUT2D eigenvalue weighted by Gasteiger charge is -2.38. The van der Waals surface area contributed by atoms with Crippen LogP contribution in [0.5, 0.6) is 0 Å². The van der Waals surface area contributed by atoms with Gasteiger partial charge in [-0.1, -0.05) is 37.3 Å². The Labute approximate surface area is 195 Å². The highest BCUT2D eigenvalue weighted by Gasteiger charge is 2.34. The number of likely N-dealkylation sites (tertiary alicyclic amines) is 2. The summed E-state index contributed by atoms with van der Waals surface area (Å²) in [6, 6.07) is 11.5. The quantitative estimate of drug-likeness (QED) is 0.637. The molecule has 8 nitrogen and oxygen atoms in total. The molecule has 2 saturated heterocycles. The van der Waals surface area contributed by atoms with Crippen LogP contribution in [0.3, 0.4) is 0 Å². The van der Waals surface area contributed by atoms with E-state index in [0.29, 0.717) is 44.8 Å². The molecule has 0 unspecified atom stereocenters. The number of hydrogen-bond donors (Lipinski definition) is 2. The van der Waals surface area contributed by atoms with Crippen LogP contribution in [0.4, 0.5) is 5.82 Å². The molecule has 0 bridgehead atoms. The van der Waals surface area contributed by atoms with E-state index in [0.717, 1.165) is 18.7 Å². The maximum Gasteiger partial charge on any atom is 0.255 e. The molecule has 0 radical (unpaired) electrons. The first kappa shape index (κ1) is 23.4. The predicted molar refractivity (Wildman–Crippen MR) is 128 cm³/mol. The first-order valence-electron chi connectivity index (χ1n) is 12.0. The number of anilines is 1. The first-order valence-corrected chi connectivity index (χ1v) is 12.0. The van der Waals surface area contributed by atoms with Crippen molar-refractivity contribution in [3.63, 3.8) is 0 Å². The van der Waals surface area contributed by atoms with Gasteiger partial charge in [0.25, 0.3) is 5.56 Å². The molecule has 33 heavy (non-hydrogen) atoms. The second-order valence-electron chi connectivity index (χ2n) is 9.52. The number of nitrogens with one attached hydrogen (secondary N) is 1. The minimum Gasteiger partial charge on any atom is -0.388 e. The summed E-state index contributed by atoms with van der Waals surface area (Å²) in [6.45, 7) is 6.07. The van der Waals surface area contributed by atoms with Crippen molar-refractivity contribution >= 4 is 11.7 Å². The van der Waals surface area contributed by atoms with Gasteiger partial charge in [0.15, 0.2) is 0 Å². The van der Waals surface area contributed by atoms with Gasteiger partial charge in [-0.15, -0.1) is 0 Å². The molecule has 0 aliphatic carbocycles. The van der Waals surface area contributed by atoms with Crippen molar-refractivity contribution in [1.29, 1.82) is 0 Å². The van der Waals surface area contributed by atoms with E-state index in [1.807, 2.05) is 35.2 Å². The molecule has 8 heteroatoms. The number of amides is 1. The topological polar surface area (TPSA) is 90.7 Å². The zero-order chi connectivity index (χ0) is 23.3. The van der Waals surface area contributed by atoms with Gasteiger partial charge in [0.05, 0.1) is 25.1 Å². The van der Waals surface area contributed by atoms with Crippen LogP contribution in [0.2, 0.25) is 0 Å².